The van der Waals surface area contributed by atoms with Crippen molar-refractivity contribution in [3.8, 4) is 0 Å². The van der Waals surface area contributed by atoms with Gasteiger partial charge in [-0.25, -0.2) is 4.79 Å². The van der Waals surface area contributed by atoms with Gasteiger partial charge in [-0.1, -0.05) is 104 Å². The Morgan fingerprint density at radius 3 is 1.33 bits per heavy atom. The summed E-state index contributed by atoms with van der Waals surface area (Å²) in [5, 5.41) is 44.6. The Morgan fingerprint density at radius 2 is 0.909 bits per heavy atom. The lowest BCUT2D eigenvalue weighted by molar-refractivity contribution is -0.145. The van der Waals surface area contributed by atoms with Crippen LogP contribution in [0, 0.1) is 11.8 Å². The Hall–Kier alpha value is -3.72. The number of hydrogen-bond donors (Lipinski definition) is 7. The van der Waals surface area contributed by atoms with Gasteiger partial charge >= 0.3 is 17.9 Å². The molecule has 0 aromatic heterocycles. The number of carboxylic acids is 3. The summed E-state index contributed by atoms with van der Waals surface area (Å²) in [6, 6.07) is -2.73. The number of aliphatic carboxylic acids is 3. The van der Waals surface area contributed by atoms with Crippen molar-refractivity contribution in [2.75, 3.05) is 19.7 Å². The minimum atomic E-state index is -1.47. The zero-order chi connectivity index (χ0) is 41.4. The lowest BCUT2D eigenvalue weighted by atomic mass is 9.94. The van der Waals surface area contributed by atoms with Gasteiger partial charge in [-0.15, -0.1) is 0 Å². The van der Waals surface area contributed by atoms with Gasteiger partial charge in [-0.05, 0) is 25.7 Å². The van der Waals surface area contributed by atoms with E-state index in [1.807, 2.05) is 0 Å². The lowest BCUT2D eigenvalue weighted by Gasteiger charge is -2.18. The first kappa shape index (κ1) is 51.3. The molecule has 0 spiro atoms. The molecule has 0 aliphatic carbocycles. The second-order valence-electron chi connectivity index (χ2n) is 14.9. The minimum absolute atomic E-state index is 0.0501. The lowest BCUT2D eigenvalue weighted by Crippen LogP contribution is -2.48. The molecule has 0 aromatic carbocycles. The first-order valence-corrected chi connectivity index (χ1v) is 20.3. The van der Waals surface area contributed by atoms with E-state index < -0.39 is 66.5 Å². The molecule has 0 aliphatic heterocycles. The second-order valence-corrected chi connectivity index (χ2v) is 14.9. The molecule has 0 rings (SSSR count). The molecule has 2 amide bonds. The van der Waals surface area contributed by atoms with Crippen molar-refractivity contribution in [1.29, 1.82) is 0 Å². The second kappa shape index (κ2) is 32.5. The third-order valence-corrected chi connectivity index (χ3v) is 9.58. The normalized spacial score (nSPS) is 12.8. The highest BCUT2D eigenvalue weighted by Gasteiger charge is 2.26. The fourth-order valence-electron chi connectivity index (χ4n) is 6.00. The SMILES string of the molecule is CC(C)C(=O)CNCC(=O)[C@H](CO)NC(=O)CC[C@H](NC(=O)CC[C@H](CC(=O)CCCCCCCCCCCCCCCCCCC(=O)O)C(=O)O)C(=O)O. The average Bonchev–Trinajstić information content (AvgIpc) is 3.12. The molecule has 316 valence electrons. The highest BCUT2D eigenvalue weighted by atomic mass is 16.4. The Kier molecular flexibility index (Phi) is 30.3. The number of Topliss-reactive ketones (excluding diaryl/α,β-unsaturated/α-hetero) is 3. The van der Waals surface area contributed by atoms with Crippen molar-refractivity contribution < 1.29 is 58.8 Å². The van der Waals surface area contributed by atoms with E-state index >= 15 is 0 Å². The standard InChI is InChI=1S/C40H69N3O12/c1-29(2)34(46)26-41-27-35(47)33(28-44)43-37(49)24-22-32(40(54)55)42-36(48)23-21-30(39(52)53)25-31(45)19-17-15-13-11-9-7-5-3-4-6-8-10-12-14-16-18-20-38(50)51/h29-30,32-33,41,44H,3-28H2,1-2H3,(H,42,48)(H,43,49)(H,50,51)(H,52,53)(H,54,55)/t30-,32+,33+/m1/s1. The van der Waals surface area contributed by atoms with Gasteiger partial charge < -0.3 is 36.4 Å². The topological polar surface area (TPSA) is 254 Å². The van der Waals surface area contributed by atoms with Crippen molar-refractivity contribution in [3.05, 3.63) is 0 Å². The molecule has 0 fully saturated rings. The molecular formula is C40H69N3O12. The summed E-state index contributed by atoms with van der Waals surface area (Å²) in [6.45, 7) is 2.39. The summed E-state index contributed by atoms with van der Waals surface area (Å²) in [5.74, 6) is -7.01. The van der Waals surface area contributed by atoms with Crippen LogP contribution in [0.5, 0.6) is 0 Å². The quantitative estimate of drug-likeness (QED) is 0.0418. The zero-order valence-corrected chi connectivity index (χ0v) is 33.2. The maximum Gasteiger partial charge on any atom is 0.326 e. The number of unbranched alkanes of at least 4 members (excludes halogenated alkanes) is 15. The van der Waals surface area contributed by atoms with Gasteiger partial charge in [0.2, 0.25) is 11.8 Å². The zero-order valence-electron chi connectivity index (χ0n) is 33.2. The summed E-state index contributed by atoms with van der Waals surface area (Å²) in [7, 11) is 0. The van der Waals surface area contributed by atoms with Crippen LogP contribution in [-0.2, 0) is 38.4 Å². The maximum atomic E-state index is 12.5. The molecule has 0 radical (unpaired) electrons. The average molecular weight is 784 g/mol. The van der Waals surface area contributed by atoms with Crippen molar-refractivity contribution in [3.63, 3.8) is 0 Å². The van der Waals surface area contributed by atoms with E-state index in [9.17, 15) is 53.7 Å². The van der Waals surface area contributed by atoms with Crippen LogP contribution in [0.3, 0.4) is 0 Å². The summed E-state index contributed by atoms with van der Waals surface area (Å²) < 4.78 is 0. The fourth-order valence-corrected chi connectivity index (χ4v) is 6.00. The van der Waals surface area contributed by atoms with Crippen LogP contribution in [0.4, 0.5) is 0 Å². The Bertz CT molecular complexity index is 1180. The molecule has 0 bridgehead atoms. The predicted molar refractivity (Wildman–Crippen MR) is 206 cm³/mol. The van der Waals surface area contributed by atoms with Crippen molar-refractivity contribution in [2.45, 2.75) is 174 Å². The van der Waals surface area contributed by atoms with Crippen LogP contribution >= 0.6 is 0 Å². The Morgan fingerprint density at radius 1 is 0.491 bits per heavy atom. The number of rotatable bonds is 38. The molecule has 15 heteroatoms. The van der Waals surface area contributed by atoms with E-state index in [-0.39, 0.29) is 69.1 Å². The van der Waals surface area contributed by atoms with Crippen molar-refractivity contribution in [1.82, 2.24) is 16.0 Å². The smallest absolute Gasteiger partial charge is 0.326 e. The van der Waals surface area contributed by atoms with Gasteiger partial charge in [0.15, 0.2) is 5.78 Å². The van der Waals surface area contributed by atoms with Gasteiger partial charge in [-0.2, -0.15) is 0 Å². The molecule has 55 heavy (non-hydrogen) atoms. The number of carbonyl (C=O) groups is 8. The molecule has 0 aromatic rings. The van der Waals surface area contributed by atoms with E-state index in [2.05, 4.69) is 16.0 Å². The first-order valence-electron chi connectivity index (χ1n) is 20.3. The Labute approximate surface area is 326 Å². The molecule has 0 saturated carbocycles. The molecule has 0 aliphatic rings. The summed E-state index contributed by atoms with van der Waals surface area (Å²) in [6.07, 6.45) is 16.6. The fraction of sp³-hybridized carbons (Fsp3) is 0.800. The largest absolute Gasteiger partial charge is 0.481 e. The number of aliphatic hydroxyl groups excluding tert-OH is 1. The number of ketones is 3. The van der Waals surface area contributed by atoms with Gasteiger partial charge in [0.05, 0.1) is 25.6 Å². The molecule has 0 unspecified atom stereocenters. The summed E-state index contributed by atoms with van der Waals surface area (Å²) in [4.78, 5) is 95.4. The third-order valence-electron chi connectivity index (χ3n) is 9.58. The Balaban J connectivity index is 4.22. The number of aliphatic hydroxyl groups is 1. The highest BCUT2D eigenvalue weighted by molar-refractivity contribution is 5.91. The molecule has 7 N–H and O–H groups in total. The van der Waals surface area contributed by atoms with Crippen LogP contribution in [-0.4, -0.2) is 99.3 Å². The van der Waals surface area contributed by atoms with E-state index in [1.165, 1.54) is 51.4 Å². The summed E-state index contributed by atoms with van der Waals surface area (Å²) >= 11 is 0. The van der Waals surface area contributed by atoms with Crippen LogP contribution in [0.2, 0.25) is 0 Å². The molecule has 0 saturated heterocycles. The number of amides is 2. The van der Waals surface area contributed by atoms with E-state index in [0.717, 1.165) is 44.9 Å². The summed E-state index contributed by atoms with van der Waals surface area (Å²) in [5.41, 5.74) is 0. The van der Waals surface area contributed by atoms with E-state index in [0.29, 0.717) is 6.42 Å². The van der Waals surface area contributed by atoms with Gasteiger partial charge in [0, 0.05) is 38.0 Å². The number of carboxylic acid groups (broad SMARTS) is 3. The molecule has 15 nitrogen and oxygen atoms in total. The monoisotopic (exact) mass is 783 g/mol. The first-order chi connectivity index (χ1) is 26.2. The molecule has 3 atom stereocenters. The number of nitrogens with one attached hydrogen (secondary N) is 3. The van der Waals surface area contributed by atoms with Gasteiger partial charge in [0.25, 0.3) is 0 Å². The van der Waals surface area contributed by atoms with E-state index in [4.69, 9.17) is 5.11 Å². The molecule has 0 heterocycles. The number of hydrogen-bond acceptors (Lipinski definition) is 10. The van der Waals surface area contributed by atoms with Crippen LogP contribution in [0.1, 0.15) is 162 Å². The minimum Gasteiger partial charge on any atom is -0.481 e. The van der Waals surface area contributed by atoms with E-state index in [1.54, 1.807) is 13.8 Å². The van der Waals surface area contributed by atoms with Crippen LogP contribution in [0.25, 0.3) is 0 Å². The van der Waals surface area contributed by atoms with Crippen LogP contribution < -0.4 is 16.0 Å². The highest BCUT2D eigenvalue weighted by Crippen LogP contribution is 2.17. The van der Waals surface area contributed by atoms with Crippen molar-refractivity contribution >= 4 is 47.1 Å². The molecular weight excluding hydrogens is 714 g/mol. The van der Waals surface area contributed by atoms with Gasteiger partial charge in [0.1, 0.15) is 23.7 Å². The van der Waals surface area contributed by atoms with Gasteiger partial charge in [-0.3, -0.25) is 33.6 Å². The van der Waals surface area contributed by atoms with Crippen molar-refractivity contribution in [2.24, 2.45) is 11.8 Å². The predicted octanol–water partition coefficient (Wildman–Crippen LogP) is 4.74. The maximum absolute atomic E-state index is 12.5. The third kappa shape index (κ3) is 29.3. The van der Waals surface area contributed by atoms with Crippen LogP contribution in [0.15, 0.2) is 0 Å². The number of carbonyl (C=O) groups excluding carboxylic acids is 5.